The molecule has 0 radical (unpaired) electrons. The van der Waals surface area contributed by atoms with Crippen molar-refractivity contribution >= 4 is 27.8 Å². The summed E-state index contributed by atoms with van der Waals surface area (Å²) in [5, 5.41) is 2.64. The van der Waals surface area contributed by atoms with Crippen molar-refractivity contribution in [2.24, 2.45) is 0 Å². The second-order valence-corrected chi connectivity index (χ2v) is 9.02. The molecule has 1 fully saturated rings. The van der Waals surface area contributed by atoms with Crippen LogP contribution in [0, 0.1) is 0 Å². The molecule has 4 rings (SSSR count). The summed E-state index contributed by atoms with van der Waals surface area (Å²) in [6.45, 7) is 5.56. The van der Waals surface area contributed by atoms with E-state index in [9.17, 15) is 9.59 Å². The average Bonchev–Trinajstić information content (AvgIpc) is 3.08. The van der Waals surface area contributed by atoms with Gasteiger partial charge in [-0.05, 0) is 43.6 Å². The van der Waals surface area contributed by atoms with Crippen LogP contribution in [0.2, 0.25) is 0 Å². The molecule has 2 aromatic heterocycles. The maximum absolute atomic E-state index is 15.5. The number of likely N-dealkylation sites (tertiary alicyclic amines) is 1. The van der Waals surface area contributed by atoms with Gasteiger partial charge in [0.15, 0.2) is 10.3 Å². The van der Waals surface area contributed by atoms with Gasteiger partial charge in [0.05, 0.1) is 23.9 Å². The van der Waals surface area contributed by atoms with E-state index in [2.05, 4.69) is 31.0 Å². The van der Waals surface area contributed by atoms with Gasteiger partial charge in [-0.3, -0.25) is 9.89 Å². The van der Waals surface area contributed by atoms with Gasteiger partial charge >= 0.3 is 6.09 Å². The number of H-pyrrole nitrogens is 1. The van der Waals surface area contributed by atoms with Gasteiger partial charge in [0.2, 0.25) is 0 Å². The van der Waals surface area contributed by atoms with Crippen LogP contribution in [0.1, 0.15) is 51.5 Å². The van der Waals surface area contributed by atoms with E-state index in [1.54, 1.807) is 27.7 Å². The predicted molar refractivity (Wildman–Crippen MR) is 99.9 cm³/mol. The van der Waals surface area contributed by atoms with Crippen LogP contribution in [-0.4, -0.2) is 55.2 Å². The van der Waals surface area contributed by atoms with Crippen molar-refractivity contribution in [1.29, 1.82) is 0 Å². The van der Waals surface area contributed by atoms with Gasteiger partial charge in [0.25, 0.3) is 17.3 Å². The maximum atomic E-state index is 15.5. The van der Waals surface area contributed by atoms with Crippen molar-refractivity contribution in [2.75, 3.05) is 13.1 Å². The number of carbonyl (C=O) groups excluding carboxylic acids is 1. The Kier molecular flexibility index (Phi) is 4.32. The largest absolute Gasteiger partial charge is 0.444 e. The summed E-state index contributed by atoms with van der Waals surface area (Å²) >= 11 is 3.12. The highest BCUT2D eigenvalue weighted by Crippen LogP contribution is 2.54. The lowest BCUT2D eigenvalue weighted by atomic mass is 9.82. The van der Waals surface area contributed by atoms with E-state index in [1.807, 2.05) is 0 Å². The fourth-order valence-electron chi connectivity index (χ4n) is 3.85. The third-order valence-electron chi connectivity index (χ3n) is 5.03. The fourth-order valence-corrected chi connectivity index (χ4v) is 4.19. The standard InChI is InChI=1S/C17H20BrF2N5O4/c1-8-10-9(11(26)25-13(21-10)22-12(18)23-25)16(28-8)5-6-24(7-17(16,19)20)14(27)29-15(2,3)4/h8H,5-7H2,1-4H3,(H,21,22,23). The SMILES string of the molecule is CC1OC2(CCN(C(=O)OC(C)(C)C)CC2(F)F)c2c1nc1nc(Br)[nH]n1c2=O. The second kappa shape index (κ2) is 6.21. The number of hydrogen-bond acceptors (Lipinski definition) is 6. The Hall–Kier alpha value is -2.08. The molecule has 2 atom stereocenters. The van der Waals surface area contributed by atoms with Crippen molar-refractivity contribution < 1.29 is 23.0 Å². The zero-order valence-electron chi connectivity index (χ0n) is 16.3. The Morgan fingerprint density at radius 2 is 2.07 bits per heavy atom. The van der Waals surface area contributed by atoms with Crippen LogP contribution in [0.3, 0.4) is 0 Å². The zero-order valence-corrected chi connectivity index (χ0v) is 17.8. The number of fused-ring (bicyclic) bond motifs is 3. The van der Waals surface area contributed by atoms with E-state index in [0.717, 1.165) is 9.42 Å². The van der Waals surface area contributed by atoms with Crippen molar-refractivity contribution in [3.8, 4) is 0 Å². The lowest BCUT2D eigenvalue weighted by Crippen LogP contribution is -2.61. The van der Waals surface area contributed by atoms with Crippen LogP contribution in [0.15, 0.2) is 9.53 Å². The Balaban J connectivity index is 1.77. The van der Waals surface area contributed by atoms with E-state index in [0.29, 0.717) is 0 Å². The highest BCUT2D eigenvalue weighted by atomic mass is 79.9. The van der Waals surface area contributed by atoms with Crippen molar-refractivity contribution in [1.82, 2.24) is 24.5 Å². The van der Waals surface area contributed by atoms with Gasteiger partial charge < -0.3 is 14.4 Å². The molecule has 0 bridgehead atoms. The maximum Gasteiger partial charge on any atom is 0.410 e. The molecule has 0 aromatic carbocycles. The first-order valence-electron chi connectivity index (χ1n) is 9.07. The average molecular weight is 476 g/mol. The summed E-state index contributed by atoms with van der Waals surface area (Å²) in [6, 6.07) is 0. The van der Waals surface area contributed by atoms with E-state index >= 15 is 8.78 Å². The number of nitrogens with zero attached hydrogens (tertiary/aromatic N) is 4. The molecule has 12 heteroatoms. The number of carbonyl (C=O) groups is 1. The number of hydrogen-bond donors (Lipinski definition) is 1. The first kappa shape index (κ1) is 20.2. The van der Waals surface area contributed by atoms with E-state index in [1.165, 1.54) is 0 Å². The Morgan fingerprint density at radius 3 is 2.69 bits per heavy atom. The molecule has 2 unspecified atom stereocenters. The molecular formula is C17H20BrF2N5O4. The van der Waals surface area contributed by atoms with E-state index in [4.69, 9.17) is 9.47 Å². The number of nitrogens with one attached hydrogen (secondary N) is 1. The van der Waals surface area contributed by atoms with Gasteiger partial charge in [0.1, 0.15) is 5.60 Å². The monoisotopic (exact) mass is 475 g/mol. The number of aromatic amines is 1. The lowest BCUT2D eigenvalue weighted by Gasteiger charge is -2.44. The second-order valence-electron chi connectivity index (χ2n) is 8.27. The van der Waals surface area contributed by atoms with Crippen molar-refractivity contribution in [3.63, 3.8) is 0 Å². The Bertz CT molecular complexity index is 1060. The molecule has 9 nitrogen and oxygen atoms in total. The number of ether oxygens (including phenoxy) is 2. The fraction of sp³-hybridized carbons (Fsp3) is 0.647. The van der Waals surface area contributed by atoms with Crippen LogP contribution in [0.25, 0.3) is 5.78 Å². The molecule has 2 aliphatic heterocycles. The summed E-state index contributed by atoms with van der Waals surface area (Å²) in [4.78, 5) is 34.6. The number of alkyl halides is 2. The minimum Gasteiger partial charge on any atom is -0.444 e. The van der Waals surface area contributed by atoms with Crippen molar-refractivity contribution in [3.05, 3.63) is 26.3 Å². The van der Waals surface area contributed by atoms with Gasteiger partial charge in [-0.25, -0.2) is 18.6 Å². The topological polar surface area (TPSA) is 102 Å². The summed E-state index contributed by atoms with van der Waals surface area (Å²) in [5.74, 6) is -3.48. The zero-order chi connectivity index (χ0) is 21.4. The first-order valence-corrected chi connectivity index (χ1v) is 9.86. The van der Waals surface area contributed by atoms with Gasteiger partial charge in [-0.1, -0.05) is 0 Å². The van der Waals surface area contributed by atoms with E-state index in [-0.39, 0.29) is 34.7 Å². The van der Waals surface area contributed by atoms with Crippen molar-refractivity contribution in [2.45, 2.75) is 57.3 Å². The minimum atomic E-state index is -3.53. The minimum absolute atomic E-state index is 0.0501. The van der Waals surface area contributed by atoms with Gasteiger partial charge in [-0.2, -0.15) is 9.50 Å². The quantitative estimate of drug-likeness (QED) is 0.628. The summed E-state index contributed by atoms with van der Waals surface area (Å²) in [5.41, 5.74) is -3.75. The Morgan fingerprint density at radius 1 is 1.38 bits per heavy atom. The summed E-state index contributed by atoms with van der Waals surface area (Å²) in [6.07, 6.45) is -1.92. The highest BCUT2D eigenvalue weighted by molar-refractivity contribution is 9.10. The number of aromatic nitrogens is 4. The molecular weight excluding hydrogens is 456 g/mol. The third-order valence-corrected chi connectivity index (χ3v) is 5.38. The molecule has 29 heavy (non-hydrogen) atoms. The number of amides is 1. The lowest BCUT2D eigenvalue weighted by molar-refractivity contribution is -0.248. The van der Waals surface area contributed by atoms with Crippen LogP contribution < -0.4 is 5.56 Å². The molecule has 1 amide bonds. The number of piperidine rings is 1. The predicted octanol–water partition coefficient (Wildman–Crippen LogP) is 2.74. The molecule has 158 valence electrons. The molecule has 0 saturated carbocycles. The first-order chi connectivity index (χ1) is 13.3. The summed E-state index contributed by atoms with van der Waals surface area (Å²) < 4.78 is 43.1. The number of rotatable bonds is 0. The molecule has 2 aliphatic rings. The highest BCUT2D eigenvalue weighted by Gasteiger charge is 2.66. The normalized spacial score (nSPS) is 26.2. The molecule has 0 aliphatic carbocycles. The van der Waals surface area contributed by atoms with Crippen LogP contribution >= 0.6 is 15.9 Å². The summed E-state index contributed by atoms with van der Waals surface area (Å²) in [7, 11) is 0. The third kappa shape index (κ3) is 3.03. The van der Waals surface area contributed by atoms with Crippen LogP contribution in [-0.2, 0) is 15.1 Å². The smallest absolute Gasteiger partial charge is 0.410 e. The molecule has 1 saturated heterocycles. The molecule has 4 heterocycles. The Labute approximate surface area is 172 Å². The van der Waals surface area contributed by atoms with Gasteiger partial charge in [0, 0.05) is 13.0 Å². The van der Waals surface area contributed by atoms with Gasteiger partial charge in [-0.15, -0.1) is 0 Å². The van der Waals surface area contributed by atoms with Crippen LogP contribution in [0.4, 0.5) is 13.6 Å². The number of halogens is 3. The van der Waals surface area contributed by atoms with Crippen LogP contribution in [0.5, 0.6) is 0 Å². The van der Waals surface area contributed by atoms with E-state index < -0.39 is 41.4 Å². The molecule has 2 aromatic rings. The molecule has 1 spiro atoms. The molecule has 1 N–H and O–H groups in total.